The molecular formula is C7H20O4Si3. The summed E-state index contributed by atoms with van der Waals surface area (Å²) in [6, 6.07) is 0.908. The molecule has 0 bridgehead atoms. The third kappa shape index (κ3) is 3.42. The molecule has 0 heterocycles. The van der Waals surface area contributed by atoms with Crippen molar-refractivity contribution in [3.8, 4) is 0 Å². The van der Waals surface area contributed by atoms with Crippen LogP contribution in [-0.4, -0.2) is 48.0 Å². The van der Waals surface area contributed by atoms with Gasteiger partial charge in [-0.15, -0.1) is 0 Å². The summed E-state index contributed by atoms with van der Waals surface area (Å²) in [6.07, 6.45) is 0. The van der Waals surface area contributed by atoms with E-state index in [0.717, 1.165) is 15.8 Å². The lowest BCUT2D eigenvalue weighted by Crippen LogP contribution is -2.55. The Labute approximate surface area is 91.0 Å². The monoisotopic (exact) mass is 252 g/mol. The first-order valence-electron chi connectivity index (χ1n) is 4.50. The Morgan fingerprint density at radius 1 is 1.21 bits per heavy atom. The number of hydrogen-bond acceptors (Lipinski definition) is 4. The van der Waals surface area contributed by atoms with Crippen LogP contribution in [0.15, 0.2) is 12.3 Å². The van der Waals surface area contributed by atoms with Crippen molar-refractivity contribution in [3.63, 3.8) is 0 Å². The molecule has 0 N–H and O–H groups in total. The predicted molar refractivity (Wildman–Crippen MR) is 64.2 cm³/mol. The molecule has 0 aromatic carbocycles. The summed E-state index contributed by atoms with van der Waals surface area (Å²) in [5, 5.41) is 0. The highest BCUT2D eigenvalue weighted by molar-refractivity contribution is 7.12. The summed E-state index contributed by atoms with van der Waals surface area (Å²) in [4.78, 5) is 0. The van der Waals surface area contributed by atoms with Gasteiger partial charge in [0.2, 0.25) is 0 Å². The summed E-state index contributed by atoms with van der Waals surface area (Å²) in [7, 11) is 1.07. The zero-order valence-corrected chi connectivity index (χ0v) is 13.6. The summed E-state index contributed by atoms with van der Waals surface area (Å²) in [5.41, 5.74) is 1.64. The van der Waals surface area contributed by atoms with Gasteiger partial charge < -0.3 is 17.4 Å². The second-order valence-corrected chi connectivity index (χ2v) is 14.2. The standard InChI is InChI=1S/C7H20O4Si3/c1-6-13(8-3,9-4)11-14(12,7-2)10-5/h6H,1,7H2,2-5,12H3. The van der Waals surface area contributed by atoms with Gasteiger partial charge in [-0.25, -0.2) is 0 Å². The average Bonchev–Trinajstić information content (AvgIpc) is 2.26. The normalized spacial score (nSPS) is 16.6. The van der Waals surface area contributed by atoms with E-state index in [1.165, 1.54) is 0 Å². The van der Waals surface area contributed by atoms with Crippen molar-refractivity contribution in [2.75, 3.05) is 21.3 Å². The molecule has 0 saturated carbocycles. The smallest absolute Gasteiger partial charge is 0.401 e. The van der Waals surface area contributed by atoms with Crippen LogP contribution in [0.2, 0.25) is 6.04 Å². The van der Waals surface area contributed by atoms with Crippen LogP contribution in [0.5, 0.6) is 0 Å². The van der Waals surface area contributed by atoms with Gasteiger partial charge in [0.1, 0.15) is 0 Å². The summed E-state index contributed by atoms with van der Waals surface area (Å²) in [5.74, 6) is 0. The zero-order chi connectivity index (χ0) is 11.2. The van der Waals surface area contributed by atoms with E-state index in [1.54, 1.807) is 27.0 Å². The van der Waals surface area contributed by atoms with Gasteiger partial charge >= 0.3 is 8.80 Å². The highest BCUT2D eigenvalue weighted by Gasteiger charge is 2.44. The fourth-order valence-corrected chi connectivity index (χ4v) is 8.60. The minimum absolute atomic E-state index is 0.886. The van der Waals surface area contributed by atoms with Gasteiger partial charge in [-0.2, -0.15) is 0 Å². The molecule has 0 fully saturated rings. The van der Waals surface area contributed by atoms with Gasteiger partial charge in [0.15, 0.2) is 0 Å². The van der Waals surface area contributed by atoms with Crippen LogP contribution in [0.4, 0.5) is 0 Å². The van der Waals surface area contributed by atoms with Crippen LogP contribution in [0.3, 0.4) is 0 Å². The lowest BCUT2D eigenvalue weighted by molar-refractivity contribution is 0.155. The van der Waals surface area contributed by atoms with E-state index in [1.807, 2.05) is 0 Å². The van der Waals surface area contributed by atoms with Crippen molar-refractivity contribution in [2.45, 2.75) is 13.0 Å². The van der Waals surface area contributed by atoms with Crippen LogP contribution in [0, 0.1) is 0 Å². The van der Waals surface area contributed by atoms with E-state index in [9.17, 15) is 0 Å². The van der Waals surface area contributed by atoms with Gasteiger partial charge in [0, 0.05) is 21.3 Å². The highest BCUT2D eigenvalue weighted by Crippen LogP contribution is 2.17. The molecule has 4 nitrogen and oxygen atoms in total. The van der Waals surface area contributed by atoms with Crippen molar-refractivity contribution in [1.82, 2.24) is 0 Å². The van der Waals surface area contributed by atoms with Crippen molar-refractivity contribution in [3.05, 3.63) is 12.3 Å². The summed E-state index contributed by atoms with van der Waals surface area (Å²) >= 11 is 0. The van der Waals surface area contributed by atoms with E-state index in [-0.39, 0.29) is 0 Å². The Morgan fingerprint density at radius 2 is 1.71 bits per heavy atom. The molecule has 0 saturated heterocycles. The van der Waals surface area contributed by atoms with Gasteiger partial charge in [-0.05, 0) is 11.7 Å². The Bertz CT molecular complexity index is 180. The molecule has 14 heavy (non-hydrogen) atoms. The lowest BCUT2D eigenvalue weighted by Gasteiger charge is -2.33. The quantitative estimate of drug-likeness (QED) is 0.595. The van der Waals surface area contributed by atoms with Crippen molar-refractivity contribution in [2.24, 2.45) is 0 Å². The Kier molecular flexibility index (Phi) is 6.05. The minimum atomic E-state index is -2.66. The van der Waals surface area contributed by atoms with Crippen LogP contribution in [0.1, 0.15) is 6.92 Å². The van der Waals surface area contributed by atoms with E-state index in [2.05, 4.69) is 13.5 Å². The highest BCUT2D eigenvalue weighted by atomic mass is 29.2. The SMILES string of the molecule is C=C[Si](OC)(OC)O[Si]([SiH3])(CC)OC. The van der Waals surface area contributed by atoms with Gasteiger partial charge in [-0.1, -0.05) is 13.5 Å². The fourth-order valence-electron chi connectivity index (χ4n) is 0.934. The maximum Gasteiger partial charge on any atom is 0.519 e. The van der Waals surface area contributed by atoms with Crippen molar-refractivity contribution >= 4 is 26.6 Å². The molecule has 84 valence electrons. The molecule has 1 unspecified atom stereocenters. The van der Waals surface area contributed by atoms with Crippen molar-refractivity contribution in [1.29, 1.82) is 0 Å². The number of hydrogen-bond donors (Lipinski definition) is 0. The first-order valence-corrected chi connectivity index (χ1v) is 11.8. The molecule has 0 amide bonds. The first kappa shape index (κ1) is 14.2. The van der Waals surface area contributed by atoms with Crippen molar-refractivity contribution < 1.29 is 17.4 Å². The van der Waals surface area contributed by atoms with Gasteiger partial charge in [-0.3, -0.25) is 0 Å². The van der Waals surface area contributed by atoms with Gasteiger partial charge in [0.05, 0.1) is 9.76 Å². The zero-order valence-electron chi connectivity index (χ0n) is 9.62. The second-order valence-electron chi connectivity index (χ2n) is 3.01. The van der Waals surface area contributed by atoms with Crippen LogP contribution in [0.25, 0.3) is 0 Å². The molecule has 0 aromatic rings. The Morgan fingerprint density at radius 3 is 1.93 bits per heavy atom. The Hall–Kier alpha value is 0.231. The molecule has 1 atom stereocenters. The fraction of sp³-hybridized carbons (Fsp3) is 0.714. The first-order chi connectivity index (χ1) is 6.51. The summed E-state index contributed by atoms with van der Waals surface area (Å²) < 4.78 is 22.0. The molecule has 0 aliphatic carbocycles. The number of rotatable bonds is 7. The largest absolute Gasteiger partial charge is 0.519 e. The molecule has 0 aromatic heterocycles. The summed E-state index contributed by atoms with van der Waals surface area (Å²) in [6.45, 7) is 5.76. The third-order valence-electron chi connectivity index (χ3n) is 2.25. The maximum absolute atomic E-state index is 5.93. The molecule has 0 radical (unpaired) electrons. The van der Waals surface area contributed by atoms with Crippen LogP contribution in [-0.2, 0) is 17.4 Å². The molecule has 0 aliphatic heterocycles. The van der Waals surface area contributed by atoms with Crippen LogP contribution >= 0.6 is 0 Å². The van der Waals surface area contributed by atoms with E-state index in [4.69, 9.17) is 17.4 Å². The van der Waals surface area contributed by atoms with E-state index in [0.29, 0.717) is 0 Å². The lowest BCUT2D eigenvalue weighted by atomic mass is 11.0. The predicted octanol–water partition coefficient (Wildman–Crippen LogP) is -0.0695. The molecule has 0 aliphatic rings. The van der Waals surface area contributed by atoms with E-state index < -0.39 is 16.9 Å². The topological polar surface area (TPSA) is 36.9 Å². The minimum Gasteiger partial charge on any atom is -0.401 e. The molecule has 0 spiro atoms. The Balaban J connectivity index is 4.64. The average molecular weight is 252 g/mol. The molecular weight excluding hydrogens is 232 g/mol. The van der Waals surface area contributed by atoms with E-state index >= 15 is 0 Å². The molecule has 7 heteroatoms. The van der Waals surface area contributed by atoms with Crippen LogP contribution < -0.4 is 0 Å². The second kappa shape index (κ2) is 5.95. The third-order valence-corrected chi connectivity index (χ3v) is 14.1. The molecule has 0 rings (SSSR count). The maximum atomic E-state index is 5.93. The van der Waals surface area contributed by atoms with Gasteiger partial charge in [0.25, 0.3) is 8.08 Å².